The van der Waals surface area contributed by atoms with Crippen LogP contribution in [0.15, 0.2) is 0 Å². The molecule has 2 nitrogen and oxygen atoms in total. The van der Waals surface area contributed by atoms with Crippen molar-refractivity contribution in [2.75, 3.05) is 20.3 Å². The molecule has 2 atom stereocenters. The monoisotopic (exact) mass is 130 g/mol. The molecule has 2 heteroatoms. The van der Waals surface area contributed by atoms with Crippen molar-refractivity contribution in [3.8, 4) is 0 Å². The van der Waals surface area contributed by atoms with Gasteiger partial charge in [0.05, 0.1) is 12.7 Å². The van der Waals surface area contributed by atoms with Crippen LogP contribution in [0.4, 0.5) is 0 Å². The molecule has 0 spiro atoms. The molecule has 9 heavy (non-hydrogen) atoms. The van der Waals surface area contributed by atoms with E-state index in [2.05, 4.69) is 6.92 Å². The highest BCUT2D eigenvalue weighted by molar-refractivity contribution is 4.69. The molecule has 1 saturated heterocycles. The Bertz CT molecular complexity index is 81.0. The average molecular weight is 130 g/mol. The van der Waals surface area contributed by atoms with Crippen molar-refractivity contribution in [1.82, 2.24) is 0 Å². The Kier molecular flexibility index (Phi) is 2.49. The van der Waals surface area contributed by atoms with E-state index in [0.29, 0.717) is 6.10 Å². The van der Waals surface area contributed by atoms with Gasteiger partial charge >= 0.3 is 0 Å². The van der Waals surface area contributed by atoms with Crippen molar-refractivity contribution >= 4 is 0 Å². The van der Waals surface area contributed by atoms with E-state index in [1.807, 2.05) is 0 Å². The molecule has 0 saturated carbocycles. The van der Waals surface area contributed by atoms with Crippen molar-refractivity contribution in [3.05, 3.63) is 0 Å². The molecule has 1 aliphatic heterocycles. The van der Waals surface area contributed by atoms with E-state index < -0.39 is 0 Å². The van der Waals surface area contributed by atoms with Gasteiger partial charge in [0.15, 0.2) is 0 Å². The minimum Gasteiger partial charge on any atom is -0.382 e. The third kappa shape index (κ3) is 1.95. The summed E-state index contributed by atoms with van der Waals surface area (Å²) in [7, 11) is 1.71. The van der Waals surface area contributed by atoms with Gasteiger partial charge in [-0.1, -0.05) is 6.92 Å². The molecule has 0 aromatic carbocycles. The normalized spacial score (nSPS) is 35.3. The lowest BCUT2D eigenvalue weighted by Crippen LogP contribution is -2.12. The van der Waals surface area contributed by atoms with Crippen molar-refractivity contribution in [2.45, 2.75) is 19.4 Å². The van der Waals surface area contributed by atoms with Crippen molar-refractivity contribution in [1.29, 1.82) is 0 Å². The molecule has 0 N–H and O–H groups in total. The van der Waals surface area contributed by atoms with Gasteiger partial charge in [-0.3, -0.25) is 0 Å². The number of methoxy groups -OCH3 is 1. The molecule has 1 heterocycles. The zero-order valence-corrected chi connectivity index (χ0v) is 6.09. The summed E-state index contributed by atoms with van der Waals surface area (Å²) in [5, 5.41) is 0. The zero-order chi connectivity index (χ0) is 6.69. The largest absolute Gasteiger partial charge is 0.382 e. The Morgan fingerprint density at radius 3 is 2.89 bits per heavy atom. The molecule has 1 aliphatic rings. The van der Waals surface area contributed by atoms with E-state index in [-0.39, 0.29) is 0 Å². The van der Waals surface area contributed by atoms with Crippen LogP contribution in [0.25, 0.3) is 0 Å². The number of rotatable bonds is 2. The molecular weight excluding hydrogens is 116 g/mol. The molecule has 1 fully saturated rings. The molecule has 0 amide bonds. The predicted octanol–water partition coefficient (Wildman–Crippen LogP) is 1.06. The van der Waals surface area contributed by atoms with Crippen LogP contribution < -0.4 is 0 Å². The molecular formula is C7H14O2. The topological polar surface area (TPSA) is 18.5 Å². The van der Waals surface area contributed by atoms with Gasteiger partial charge in [0, 0.05) is 13.7 Å². The first-order chi connectivity index (χ1) is 4.33. The molecule has 0 aromatic heterocycles. The lowest BCUT2D eigenvalue weighted by molar-refractivity contribution is 0.0371. The second-order valence-electron chi connectivity index (χ2n) is 2.75. The van der Waals surface area contributed by atoms with E-state index >= 15 is 0 Å². The minimum atomic E-state index is 0.366. The lowest BCUT2D eigenvalue weighted by Gasteiger charge is -2.05. The second kappa shape index (κ2) is 3.18. The highest BCUT2D eigenvalue weighted by Gasteiger charge is 2.21. The zero-order valence-electron chi connectivity index (χ0n) is 6.09. The van der Waals surface area contributed by atoms with Crippen LogP contribution in [0, 0.1) is 5.92 Å². The first-order valence-electron chi connectivity index (χ1n) is 3.43. The van der Waals surface area contributed by atoms with Gasteiger partial charge < -0.3 is 9.47 Å². The maximum Gasteiger partial charge on any atom is 0.0811 e. The van der Waals surface area contributed by atoms with Gasteiger partial charge in [0.1, 0.15) is 0 Å². The Balaban J connectivity index is 2.14. The molecule has 0 aromatic rings. The van der Waals surface area contributed by atoms with Crippen molar-refractivity contribution in [2.24, 2.45) is 5.92 Å². The molecule has 1 rings (SSSR count). The molecule has 0 bridgehead atoms. The SMILES string of the molecule is COCC1CC(C)CO1. The maximum absolute atomic E-state index is 5.38. The smallest absolute Gasteiger partial charge is 0.0811 e. The highest BCUT2D eigenvalue weighted by atomic mass is 16.5. The van der Waals surface area contributed by atoms with Crippen LogP contribution in [0.2, 0.25) is 0 Å². The predicted molar refractivity (Wildman–Crippen MR) is 35.4 cm³/mol. The van der Waals surface area contributed by atoms with Gasteiger partial charge in [-0.15, -0.1) is 0 Å². The Morgan fingerprint density at radius 2 is 2.44 bits per heavy atom. The molecule has 2 unspecified atom stereocenters. The third-order valence-electron chi connectivity index (χ3n) is 1.63. The summed E-state index contributed by atoms with van der Waals surface area (Å²) in [6, 6.07) is 0. The third-order valence-corrected chi connectivity index (χ3v) is 1.63. The quantitative estimate of drug-likeness (QED) is 0.556. The highest BCUT2D eigenvalue weighted by Crippen LogP contribution is 2.18. The lowest BCUT2D eigenvalue weighted by atomic mass is 10.1. The summed E-state index contributed by atoms with van der Waals surface area (Å²) < 4.78 is 10.3. The van der Waals surface area contributed by atoms with Crippen LogP contribution in [0.1, 0.15) is 13.3 Å². The van der Waals surface area contributed by atoms with E-state index in [4.69, 9.17) is 9.47 Å². The fourth-order valence-corrected chi connectivity index (χ4v) is 1.19. The summed E-state index contributed by atoms with van der Waals surface area (Å²) in [6.07, 6.45) is 1.53. The standard InChI is InChI=1S/C7H14O2/c1-6-3-7(5-8-2)9-4-6/h6-7H,3-5H2,1-2H3. The first kappa shape index (κ1) is 7.03. The van der Waals surface area contributed by atoms with Crippen molar-refractivity contribution < 1.29 is 9.47 Å². The average Bonchev–Trinajstić information content (AvgIpc) is 2.17. The van der Waals surface area contributed by atoms with E-state index in [1.54, 1.807) is 7.11 Å². The van der Waals surface area contributed by atoms with Gasteiger partial charge in [0.25, 0.3) is 0 Å². The van der Waals surface area contributed by atoms with Crippen LogP contribution in [-0.2, 0) is 9.47 Å². The van der Waals surface area contributed by atoms with E-state index in [0.717, 1.165) is 25.6 Å². The van der Waals surface area contributed by atoms with Gasteiger partial charge in [0.2, 0.25) is 0 Å². The van der Waals surface area contributed by atoms with Crippen molar-refractivity contribution in [3.63, 3.8) is 0 Å². The summed E-state index contributed by atoms with van der Waals surface area (Å²) >= 11 is 0. The van der Waals surface area contributed by atoms with Crippen LogP contribution in [-0.4, -0.2) is 26.4 Å². The minimum absolute atomic E-state index is 0.366. The molecule has 0 aliphatic carbocycles. The number of hydrogen-bond donors (Lipinski definition) is 0. The second-order valence-corrected chi connectivity index (χ2v) is 2.75. The summed E-state index contributed by atoms with van der Waals surface area (Å²) in [4.78, 5) is 0. The Hall–Kier alpha value is -0.0800. The molecule has 0 radical (unpaired) electrons. The summed E-state index contributed by atoms with van der Waals surface area (Å²) in [5.74, 6) is 0.727. The number of hydrogen-bond acceptors (Lipinski definition) is 2. The van der Waals surface area contributed by atoms with Gasteiger partial charge in [-0.05, 0) is 12.3 Å². The fraction of sp³-hybridized carbons (Fsp3) is 1.00. The Morgan fingerprint density at radius 1 is 1.67 bits per heavy atom. The maximum atomic E-state index is 5.38. The summed E-state index contributed by atoms with van der Waals surface area (Å²) in [6.45, 7) is 3.87. The van der Waals surface area contributed by atoms with Gasteiger partial charge in [-0.2, -0.15) is 0 Å². The Labute approximate surface area is 56.2 Å². The van der Waals surface area contributed by atoms with E-state index in [9.17, 15) is 0 Å². The van der Waals surface area contributed by atoms with Crippen LogP contribution in [0.3, 0.4) is 0 Å². The van der Waals surface area contributed by atoms with Crippen LogP contribution in [0.5, 0.6) is 0 Å². The number of ether oxygens (including phenoxy) is 2. The fourth-order valence-electron chi connectivity index (χ4n) is 1.19. The van der Waals surface area contributed by atoms with Crippen LogP contribution >= 0.6 is 0 Å². The first-order valence-corrected chi connectivity index (χ1v) is 3.43. The molecule has 54 valence electrons. The van der Waals surface area contributed by atoms with Gasteiger partial charge in [-0.25, -0.2) is 0 Å². The van der Waals surface area contributed by atoms with E-state index in [1.165, 1.54) is 0 Å². The summed E-state index contributed by atoms with van der Waals surface area (Å²) in [5.41, 5.74) is 0.